The van der Waals surface area contributed by atoms with Gasteiger partial charge in [0.25, 0.3) is 10.0 Å². The average molecular weight is 353 g/mol. The van der Waals surface area contributed by atoms with Gasteiger partial charge >= 0.3 is 5.97 Å². The second kappa shape index (κ2) is 5.68. The molecule has 0 aliphatic carbocycles. The number of nitrogens with one attached hydrogen (secondary N) is 1. The highest BCUT2D eigenvalue weighted by atomic mass is 35.5. The van der Waals surface area contributed by atoms with E-state index in [1.54, 1.807) is 12.3 Å². The third kappa shape index (κ3) is 2.95. The number of thiazole rings is 1. The van der Waals surface area contributed by atoms with Gasteiger partial charge in [0.15, 0.2) is 8.68 Å². The summed E-state index contributed by atoms with van der Waals surface area (Å²) in [5.41, 5.74) is 0.848. The zero-order chi connectivity index (χ0) is 14.9. The summed E-state index contributed by atoms with van der Waals surface area (Å²) in [5, 5.41) is 1.67. The number of thiophene rings is 1. The number of nitrogens with zero attached hydrogens (tertiary/aromatic N) is 1. The molecule has 2 heterocycles. The first-order valence-electron chi connectivity index (χ1n) is 5.15. The van der Waals surface area contributed by atoms with E-state index >= 15 is 0 Å². The Labute approximate surface area is 128 Å². The van der Waals surface area contributed by atoms with Crippen molar-refractivity contribution >= 4 is 56.0 Å². The standard InChI is InChI=1S/C10H9ClN2O4S3/c1-5-4-18-8(9(14)17-2)7(5)13-20(15,16)6-3-12-10(11)19-6/h3-4,13H,1-2H3. The zero-order valence-electron chi connectivity index (χ0n) is 10.3. The lowest BCUT2D eigenvalue weighted by Crippen LogP contribution is -2.14. The molecule has 2 rings (SSSR count). The van der Waals surface area contributed by atoms with Crippen LogP contribution < -0.4 is 4.72 Å². The van der Waals surface area contributed by atoms with Gasteiger partial charge < -0.3 is 4.74 Å². The number of aryl methyl sites for hydroxylation is 1. The van der Waals surface area contributed by atoms with Crippen LogP contribution in [0, 0.1) is 6.92 Å². The van der Waals surface area contributed by atoms with Crippen molar-refractivity contribution in [2.24, 2.45) is 0 Å². The molecule has 0 amide bonds. The first-order valence-corrected chi connectivity index (χ1v) is 8.71. The van der Waals surface area contributed by atoms with Gasteiger partial charge in [-0.15, -0.1) is 11.3 Å². The van der Waals surface area contributed by atoms with Crippen molar-refractivity contribution in [3.63, 3.8) is 0 Å². The van der Waals surface area contributed by atoms with Crippen molar-refractivity contribution < 1.29 is 17.9 Å². The molecule has 20 heavy (non-hydrogen) atoms. The third-order valence-electron chi connectivity index (χ3n) is 2.30. The van der Waals surface area contributed by atoms with Crippen LogP contribution in [0.5, 0.6) is 0 Å². The highest BCUT2D eigenvalue weighted by molar-refractivity contribution is 7.94. The molecule has 0 aliphatic heterocycles. The van der Waals surface area contributed by atoms with Crippen molar-refractivity contribution in [3.05, 3.63) is 26.5 Å². The molecule has 0 saturated heterocycles. The minimum atomic E-state index is -3.83. The summed E-state index contributed by atoms with van der Waals surface area (Å²) in [5.74, 6) is -0.594. The van der Waals surface area contributed by atoms with Crippen LogP contribution in [0.15, 0.2) is 15.8 Å². The predicted molar refractivity (Wildman–Crippen MR) is 78.3 cm³/mol. The first-order chi connectivity index (χ1) is 9.35. The second-order valence-corrected chi connectivity index (χ2v) is 8.05. The molecular formula is C10H9ClN2O4S3. The second-order valence-electron chi connectivity index (χ2n) is 3.65. The van der Waals surface area contributed by atoms with E-state index in [1.807, 2.05) is 0 Å². The van der Waals surface area contributed by atoms with Gasteiger partial charge in [-0.1, -0.05) is 22.9 Å². The quantitative estimate of drug-likeness (QED) is 0.855. The fourth-order valence-electron chi connectivity index (χ4n) is 1.36. The summed E-state index contributed by atoms with van der Waals surface area (Å²) < 4.78 is 31.5. The van der Waals surface area contributed by atoms with Crippen LogP contribution in [0.4, 0.5) is 5.69 Å². The van der Waals surface area contributed by atoms with E-state index in [9.17, 15) is 13.2 Å². The molecular weight excluding hydrogens is 344 g/mol. The van der Waals surface area contributed by atoms with E-state index < -0.39 is 16.0 Å². The van der Waals surface area contributed by atoms with E-state index in [0.717, 1.165) is 28.9 Å². The number of esters is 1. The number of hydrogen-bond acceptors (Lipinski definition) is 7. The molecule has 6 nitrogen and oxygen atoms in total. The molecule has 0 aliphatic rings. The molecule has 0 unspecified atom stereocenters. The molecule has 1 N–H and O–H groups in total. The predicted octanol–water partition coefficient (Wildman–Crippen LogP) is 2.75. The molecule has 10 heteroatoms. The number of carbonyl (C=O) groups is 1. The van der Waals surface area contributed by atoms with Crippen molar-refractivity contribution in [2.75, 3.05) is 11.8 Å². The van der Waals surface area contributed by atoms with Crippen molar-refractivity contribution in [2.45, 2.75) is 11.1 Å². The Balaban J connectivity index is 2.39. The molecule has 2 aromatic rings. The normalized spacial score (nSPS) is 11.3. The lowest BCUT2D eigenvalue weighted by molar-refractivity contribution is 0.0607. The molecule has 0 spiro atoms. The smallest absolute Gasteiger partial charge is 0.350 e. The molecule has 2 aromatic heterocycles. The van der Waals surface area contributed by atoms with E-state index in [-0.39, 0.29) is 19.2 Å². The summed E-state index contributed by atoms with van der Waals surface area (Å²) in [4.78, 5) is 15.5. The average Bonchev–Trinajstić information content (AvgIpc) is 2.97. The van der Waals surface area contributed by atoms with Gasteiger partial charge in [0.05, 0.1) is 19.0 Å². The number of anilines is 1. The van der Waals surface area contributed by atoms with E-state index in [2.05, 4.69) is 14.4 Å². The molecule has 108 valence electrons. The Morgan fingerprint density at radius 2 is 2.20 bits per heavy atom. The Hall–Kier alpha value is -1.16. The number of hydrogen-bond donors (Lipinski definition) is 1. The number of ether oxygens (including phenoxy) is 1. The number of methoxy groups -OCH3 is 1. The topological polar surface area (TPSA) is 85.4 Å². The Bertz CT molecular complexity index is 750. The highest BCUT2D eigenvalue weighted by Crippen LogP contribution is 2.32. The fourth-order valence-corrected chi connectivity index (χ4v) is 4.79. The number of halogens is 1. The van der Waals surface area contributed by atoms with Gasteiger partial charge in [-0.25, -0.2) is 18.2 Å². The lowest BCUT2D eigenvalue weighted by Gasteiger charge is -2.07. The largest absolute Gasteiger partial charge is 0.465 e. The molecule has 0 radical (unpaired) electrons. The fraction of sp³-hybridized carbons (Fsp3) is 0.200. The SMILES string of the molecule is COC(=O)c1scc(C)c1NS(=O)(=O)c1cnc(Cl)s1. The maximum absolute atomic E-state index is 12.2. The van der Waals surface area contributed by atoms with Crippen LogP contribution in [0.2, 0.25) is 4.47 Å². The van der Waals surface area contributed by atoms with Crippen molar-refractivity contribution in [1.82, 2.24) is 4.98 Å². The van der Waals surface area contributed by atoms with Gasteiger partial charge in [0, 0.05) is 0 Å². The van der Waals surface area contributed by atoms with E-state index in [0.29, 0.717) is 5.56 Å². The molecule has 0 saturated carbocycles. The van der Waals surface area contributed by atoms with Gasteiger partial charge in [-0.2, -0.15) is 0 Å². The number of rotatable bonds is 4. The summed E-state index contributed by atoms with van der Waals surface area (Å²) in [6, 6.07) is 0. The van der Waals surface area contributed by atoms with E-state index in [4.69, 9.17) is 11.6 Å². The first kappa shape index (κ1) is 15.2. The number of carbonyl (C=O) groups excluding carboxylic acids is 1. The van der Waals surface area contributed by atoms with Crippen LogP contribution in [0.1, 0.15) is 15.2 Å². The van der Waals surface area contributed by atoms with Crippen LogP contribution in [-0.2, 0) is 14.8 Å². The lowest BCUT2D eigenvalue weighted by atomic mass is 10.3. The van der Waals surface area contributed by atoms with Crippen molar-refractivity contribution in [3.8, 4) is 0 Å². The highest BCUT2D eigenvalue weighted by Gasteiger charge is 2.24. The molecule has 0 fully saturated rings. The Morgan fingerprint density at radius 1 is 1.50 bits per heavy atom. The van der Waals surface area contributed by atoms with Crippen LogP contribution in [0.3, 0.4) is 0 Å². The third-order valence-corrected chi connectivity index (χ3v) is 6.31. The number of aromatic nitrogens is 1. The Morgan fingerprint density at radius 3 is 2.75 bits per heavy atom. The van der Waals surface area contributed by atoms with Crippen molar-refractivity contribution in [1.29, 1.82) is 0 Å². The maximum Gasteiger partial charge on any atom is 0.350 e. The van der Waals surface area contributed by atoms with Gasteiger partial charge in [-0.3, -0.25) is 4.72 Å². The molecule has 0 atom stereocenters. The number of sulfonamides is 1. The maximum atomic E-state index is 12.2. The van der Waals surface area contributed by atoms with E-state index in [1.165, 1.54) is 7.11 Å². The monoisotopic (exact) mass is 352 g/mol. The minimum absolute atomic E-state index is 0.0242. The summed E-state index contributed by atoms with van der Waals surface area (Å²) in [7, 11) is -2.59. The van der Waals surface area contributed by atoms with Crippen LogP contribution in [-0.4, -0.2) is 26.5 Å². The van der Waals surface area contributed by atoms with Crippen LogP contribution >= 0.6 is 34.3 Å². The summed E-state index contributed by atoms with van der Waals surface area (Å²) in [6.45, 7) is 1.69. The van der Waals surface area contributed by atoms with Gasteiger partial charge in [0.2, 0.25) is 0 Å². The van der Waals surface area contributed by atoms with Crippen LogP contribution in [0.25, 0.3) is 0 Å². The summed E-state index contributed by atoms with van der Waals surface area (Å²) >= 11 is 7.57. The van der Waals surface area contributed by atoms with Gasteiger partial charge in [-0.05, 0) is 17.9 Å². The van der Waals surface area contributed by atoms with Gasteiger partial charge in [0.1, 0.15) is 4.88 Å². The molecule has 0 aromatic carbocycles. The molecule has 0 bridgehead atoms. The minimum Gasteiger partial charge on any atom is -0.465 e. The zero-order valence-corrected chi connectivity index (χ0v) is 13.5. The Kier molecular flexibility index (Phi) is 4.33. The summed E-state index contributed by atoms with van der Waals surface area (Å²) in [6.07, 6.45) is 1.16.